The van der Waals surface area contributed by atoms with Gasteiger partial charge in [0.2, 0.25) is 0 Å². The van der Waals surface area contributed by atoms with Crippen molar-refractivity contribution in [1.29, 1.82) is 0 Å². The minimum absolute atomic E-state index is 0.00906. The largest absolute Gasteiger partial charge is 0.0619 e. The van der Waals surface area contributed by atoms with Crippen LogP contribution in [0.5, 0.6) is 0 Å². The molecule has 7 aromatic rings. The van der Waals surface area contributed by atoms with Gasteiger partial charge in [-0.25, -0.2) is 0 Å². The normalized spacial score (nSPS) is 13.8. The van der Waals surface area contributed by atoms with E-state index in [0.29, 0.717) is 0 Å². The van der Waals surface area contributed by atoms with Gasteiger partial charge in [-0.2, -0.15) is 0 Å². The first-order chi connectivity index (χ1) is 20.1. The second kappa shape index (κ2) is 8.05. The van der Waals surface area contributed by atoms with E-state index in [0.717, 1.165) is 0 Å². The van der Waals surface area contributed by atoms with Gasteiger partial charge in [0.1, 0.15) is 0 Å². The third kappa shape index (κ3) is 3.16. The van der Waals surface area contributed by atoms with Crippen molar-refractivity contribution in [3.8, 4) is 55.6 Å². The van der Waals surface area contributed by atoms with Crippen LogP contribution < -0.4 is 0 Å². The molecule has 0 bridgehead atoms. The zero-order valence-corrected chi connectivity index (χ0v) is 23.2. The fraction of sp³-hybridized carbons (Fsp3) is 0.0732. The van der Waals surface area contributed by atoms with E-state index in [9.17, 15) is 0 Å². The third-order valence-electron chi connectivity index (χ3n) is 9.57. The summed E-state index contributed by atoms with van der Waals surface area (Å²) in [5.41, 5.74) is 16.0. The molecule has 0 unspecified atom stereocenters. The molecule has 0 amide bonds. The summed E-state index contributed by atoms with van der Waals surface area (Å²) in [6, 6.07) is 49.9. The van der Waals surface area contributed by atoms with E-state index in [4.69, 9.17) is 0 Å². The van der Waals surface area contributed by atoms with Crippen LogP contribution in [0, 0.1) is 0 Å². The van der Waals surface area contributed by atoms with Crippen molar-refractivity contribution in [1.82, 2.24) is 0 Å². The Bertz CT molecular complexity index is 2230. The molecule has 0 aliphatic heterocycles. The first kappa shape index (κ1) is 22.8. The predicted molar refractivity (Wildman–Crippen MR) is 174 cm³/mol. The van der Waals surface area contributed by atoms with Gasteiger partial charge in [0, 0.05) is 5.41 Å². The minimum Gasteiger partial charge on any atom is -0.0619 e. The van der Waals surface area contributed by atoms with Gasteiger partial charge >= 0.3 is 0 Å². The minimum atomic E-state index is 0.00906. The highest BCUT2D eigenvalue weighted by Crippen LogP contribution is 2.50. The van der Waals surface area contributed by atoms with Crippen LogP contribution in [0.1, 0.15) is 25.0 Å². The van der Waals surface area contributed by atoms with Gasteiger partial charge in [-0.1, -0.05) is 117 Å². The molecule has 0 heteroatoms. The van der Waals surface area contributed by atoms with Crippen molar-refractivity contribution in [2.75, 3.05) is 0 Å². The highest BCUT2D eigenvalue weighted by molar-refractivity contribution is 6.16. The monoisotopic (exact) mass is 520 g/mol. The molecule has 9 rings (SSSR count). The molecule has 0 spiro atoms. The van der Waals surface area contributed by atoms with Crippen molar-refractivity contribution >= 4 is 21.5 Å². The van der Waals surface area contributed by atoms with E-state index in [1.54, 1.807) is 0 Å². The quantitative estimate of drug-likeness (QED) is 0.213. The van der Waals surface area contributed by atoms with E-state index in [2.05, 4.69) is 147 Å². The van der Waals surface area contributed by atoms with Crippen molar-refractivity contribution in [2.45, 2.75) is 19.3 Å². The lowest BCUT2D eigenvalue weighted by Crippen LogP contribution is -2.14. The molecule has 0 heterocycles. The number of benzene rings is 7. The van der Waals surface area contributed by atoms with Gasteiger partial charge < -0.3 is 0 Å². The molecule has 2 aliphatic carbocycles. The number of hydrogen-bond acceptors (Lipinski definition) is 0. The van der Waals surface area contributed by atoms with Gasteiger partial charge in [-0.05, 0) is 119 Å². The van der Waals surface area contributed by atoms with Crippen LogP contribution in [0.4, 0.5) is 0 Å². The van der Waals surface area contributed by atoms with Crippen LogP contribution in [0.3, 0.4) is 0 Å². The van der Waals surface area contributed by atoms with Crippen LogP contribution >= 0.6 is 0 Å². The van der Waals surface area contributed by atoms with Crippen molar-refractivity contribution in [3.05, 3.63) is 145 Å². The van der Waals surface area contributed by atoms with Crippen LogP contribution in [0.15, 0.2) is 133 Å². The number of hydrogen-bond donors (Lipinski definition) is 0. The third-order valence-corrected chi connectivity index (χ3v) is 9.57. The standard InChI is InChI=1S/C41H28/c1-41(2)38-13-6-5-11-34(38)35-19-18-29(24-39(35)41)27-15-14-26-21-28(17-16-25(26)20-27)31-22-30-8-7-12-36-32-9-3-4-10-33(32)37(23-31)40(30)36/h3-24H,1-2H3. The molecule has 0 N–H and O–H groups in total. The van der Waals surface area contributed by atoms with Gasteiger partial charge in [0.15, 0.2) is 0 Å². The van der Waals surface area contributed by atoms with E-state index in [1.807, 2.05) is 0 Å². The lowest BCUT2D eigenvalue weighted by molar-refractivity contribution is 0.660. The van der Waals surface area contributed by atoms with Gasteiger partial charge in [0.05, 0.1) is 0 Å². The Labute approximate surface area is 240 Å². The summed E-state index contributed by atoms with van der Waals surface area (Å²) >= 11 is 0. The molecule has 2 aliphatic rings. The van der Waals surface area contributed by atoms with Crippen LogP contribution in [0.2, 0.25) is 0 Å². The topological polar surface area (TPSA) is 0 Å². The molecule has 0 saturated heterocycles. The Morgan fingerprint density at radius 3 is 1.68 bits per heavy atom. The lowest BCUT2D eigenvalue weighted by Gasteiger charge is -2.22. The predicted octanol–water partition coefficient (Wildman–Crippen LogP) is 11.3. The molecule has 0 radical (unpaired) electrons. The van der Waals surface area contributed by atoms with Crippen LogP contribution in [0.25, 0.3) is 77.2 Å². The maximum absolute atomic E-state index is 2.41. The Morgan fingerprint density at radius 1 is 0.341 bits per heavy atom. The Kier molecular flexibility index (Phi) is 4.49. The molecule has 0 saturated carbocycles. The fourth-order valence-corrected chi connectivity index (χ4v) is 7.47. The first-order valence-corrected chi connectivity index (χ1v) is 14.5. The van der Waals surface area contributed by atoms with Crippen LogP contribution in [-0.4, -0.2) is 0 Å². The summed E-state index contributed by atoms with van der Waals surface area (Å²) in [4.78, 5) is 0. The molecule has 7 aromatic carbocycles. The van der Waals surface area contributed by atoms with Crippen molar-refractivity contribution < 1.29 is 0 Å². The molecule has 0 atom stereocenters. The van der Waals surface area contributed by atoms with Gasteiger partial charge in [0.25, 0.3) is 0 Å². The van der Waals surface area contributed by atoms with Crippen molar-refractivity contribution in [3.63, 3.8) is 0 Å². The summed E-state index contributed by atoms with van der Waals surface area (Å²) in [6.07, 6.45) is 0. The molecule has 0 fully saturated rings. The zero-order chi connectivity index (χ0) is 27.3. The molecule has 41 heavy (non-hydrogen) atoms. The smallest absolute Gasteiger partial charge is 0.0159 e. The highest BCUT2D eigenvalue weighted by Gasteiger charge is 2.35. The van der Waals surface area contributed by atoms with Crippen LogP contribution in [-0.2, 0) is 5.41 Å². The maximum Gasteiger partial charge on any atom is 0.0159 e. The average molecular weight is 521 g/mol. The van der Waals surface area contributed by atoms with Gasteiger partial charge in [-0.15, -0.1) is 0 Å². The summed E-state index contributed by atoms with van der Waals surface area (Å²) in [7, 11) is 0. The number of rotatable bonds is 2. The fourth-order valence-electron chi connectivity index (χ4n) is 7.47. The SMILES string of the molecule is CC1(C)c2ccccc2-c2ccc(-c3ccc4cc(-c5cc6c7c(cccc7c5)-c5ccccc5-6)ccc4c3)cc21. The molecule has 0 aromatic heterocycles. The second-order valence-corrected chi connectivity index (χ2v) is 12.2. The second-order valence-electron chi connectivity index (χ2n) is 12.2. The summed E-state index contributed by atoms with van der Waals surface area (Å²) in [6.45, 7) is 4.70. The summed E-state index contributed by atoms with van der Waals surface area (Å²) in [5, 5.41) is 5.23. The average Bonchev–Trinajstić information content (AvgIpc) is 3.46. The molecular weight excluding hydrogens is 492 g/mol. The Hall–Kier alpha value is -4.94. The van der Waals surface area contributed by atoms with E-state index >= 15 is 0 Å². The van der Waals surface area contributed by atoms with Crippen molar-refractivity contribution in [2.24, 2.45) is 0 Å². The number of fused-ring (bicyclic) bond motifs is 7. The Balaban J connectivity index is 1.12. The lowest BCUT2D eigenvalue weighted by atomic mass is 9.81. The van der Waals surface area contributed by atoms with E-state index in [-0.39, 0.29) is 5.41 Å². The highest BCUT2D eigenvalue weighted by atomic mass is 14.4. The molecule has 192 valence electrons. The first-order valence-electron chi connectivity index (χ1n) is 14.5. The molecular formula is C41H28. The molecule has 0 nitrogen and oxygen atoms in total. The zero-order valence-electron chi connectivity index (χ0n) is 23.2. The van der Waals surface area contributed by atoms with E-state index < -0.39 is 0 Å². The summed E-state index contributed by atoms with van der Waals surface area (Å²) < 4.78 is 0. The summed E-state index contributed by atoms with van der Waals surface area (Å²) in [5.74, 6) is 0. The van der Waals surface area contributed by atoms with Gasteiger partial charge in [-0.3, -0.25) is 0 Å². The Morgan fingerprint density at radius 2 is 0.902 bits per heavy atom. The maximum atomic E-state index is 2.41. The van der Waals surface area contributed by atoms with E-state index in [1.165, 1.54) is 88.3 Å².